The molecule has 0 aromatic heterocycles. The maximum absolute atomic E-state index is 12.1. The Labute approximate surface area is 159 Å². The Morgan fingerprint density at radius 3 is 2.27 bits per heavy atom. The van der Waals surface area contributed by atoms with Crippen molar-refractivity contribution in [2.75, 3.05) is 6.61 Å². The summed E-state index contributed by atoms with van der Waals surface area (Å²) in [5, 5.41) is 10.1. The fourth-order valence-corrected chi connectivity index (χ4v) is 4.60. The lowest BCUT2D eigenvalue weighted by Crippen LogP contribution is -2.53. The molecular formula is C21H35NO3Si. The molecule has 0 aliphatic heterocycles. The molecule has 146 valence electrons. The topological polar surface area (TPSA) is 49.8 Å². The summed E-state index contributed by atoms with van der Waals surface area (Å²) in [6, 6.07) is 8.25. The number of benzene rings is 1. The number of nitrogens with zero attached hydrogens (tertiary/aromatic N) is 1. The fourth-order valence-electron chi connectivity index (χ4n) is 3.57. The van der Waals surface area contributed by atoms with Gasteiger partial charge in [-0.1, -0.05) is 45.0 Å². The summed E-state index contributed by atoms with van der Waals surface area (Å²) in [6.45, 7) is 17.7. The van der Waals surface area contributed by atoms with E-state index in [1.165, 1.54) is 11.1 Å². The second-order valence-electron chi connectivity index (χ2n) is 9.97. The molecule has 0 radical (unpaired) electrons. The summed E-state index contributed by atoms with van der Waals surface area (Å²) >= 11 is 0. The van der Waals surface area contributed by atoms with Crippen molar-refractivity contribution < 1.29 is 14.3 Å². The van der Waals surface area contributed by atoms with Crippen molar-refractivity contribution in [3.05, 3.63) is 35.4 Å². The number of carbonyl (C=O) groups is 1. The molecular weight excluding hydrogens is 342 g/mol. The minimum atomic E-state index is -1.90. The normalized spacial score (nSPS) is 20.8. The number of fused-ring (bicyclic) bond motifs is 1. The average Bonchev–Trinajstić information content (AvgIpc) is 2.80. The number of hydrogen-bond donors (Lipinski definition) is 1. The second-order valence-corrected chi connectivity index (χ2v) is 14.8. The van der Waals surface area contributed by atoms with Crippen molar-refractivity contribution >= 4 is 14.4 Å². The third-order valence-electron chi connectivity index (χ3n) is 6.04. The number of amides is 1. The van der Waals surface area contributed by atoms with Crippen LogP contribution in [0.5, 0.6) is 0 Å². The van der Waals surface area contributed by atoms with Gasteiger partial charge in [0.25, 0.3) is 0 Å². The third kappa shape index (κ3) is 4.15. The minimum Gasteiger partial charge on any atom is -0.465 e. The quantitative estimate of drug-likeness (QED) is 0.705. The Bertz CT molecular complexity index is 658. The molecule has 1 aromatic carbocycles. The minimum absolute atomic E-state index is 0.0793. The highest BCUT2D eigenvalue weighted by molar-refractivity contribution is 6.74. The first-order chi connectivity index (χ1) is 11.8. The monoisotopic (exact) mass is 377 g/mol. The van der Waals surface area contributed by atoms with Gasteiger partial charge in [-0.3, -0.25) is 4.90 Å². The van der Waals surface area contributed by atoms with E-state index in [1.54, 1.807) is 4.90 Å². The zero-order chi connectivity index (χ0) is 19.9. The molecule has 2 atom stereocenters. The van der Waals surface area contributed by atoms with Gasteiger partial charge in [0.1, 0.15) is 0 Å². The Morgan fingerprint density at radius 2 is 1.77 bits per heavy atom. The number of carboxylic acid groups (broad SMARTS) is 1. The molecule has 2 rings (SSSR count). The van der Waals surface area contributed by atoms with E-state index in [9.17, 15) is 9.90 Å². The van der Waals surface area contributed by atoms with E-state index in [4.69, 9.17) is 4.43 Å². The summed E-state index contributed by atoms with van der Waals surface area (Å²) in [6.07, 6.45) is -0.0988. The molecule has 1 aliphatic carbocycles. The van der Waals surface area contributed by atoms with E-state index in [1.807, 2.05) is 32.9 Å². The van der Waals surface area contributed by atoms with E-state index in [-0.39, 0.29) is 17.0 Å². The summed E-state index contributed by atoms with van der Waals surface area (Å²) < 4.78 is 6.53. The van der Waals surface area contributed by atoms with E-state index < -0.39 is 19.9 Å². The smallest absolute Gasteiger partial charge is 0.408 e. The van der Waals surface area contributed by atoms with Crippen LogP contribution in [0.3, 0.4) is 0 Å². The number of hydrogen-bond acceptors (Lipinski definition) is 2. The van der Waals surface area contributed by atoms with Crippen LogP contribution in [0, 0.1) is 0 Å². The molecule has 0 saturated carbocycles. The molecule has 0 unspecified atom stereocenters. The van der Waals surface area contributed by atoms with Gasteiger partial charge < -0.3 is 9.53 Å². The van der Waals surface area contributed by atoms with Crippen molar-refractivity contribution in [3.63, 3.8) is 0 Å². The molecule has 0 bridgehead atoms. The second kappa shape index (κ2) is 7.00. The van der Waals surface area contributed by atoms with Crippen LogP contribution in [0.2, 0.25) is 18.1 Å². The highest BCUT2D eigenvalue weighted by Gasteiger charge is 2.44. The first kappa shape index (κ1) is 21.0. The average molecular weight is 378 g/mol. The van der Waals surface area contributed by atoms with Crippen molar-refractivity contribution in [2.24, 2.45) is 0 Å². The fraction of sp³-hybridized carbons (Fsp3) is 0.667. The van der Waals surface area contributed by atoms with Gasteiger partial charge >= 0.3 is 6.09 Å². The summed E-state index contributed by atoms with van der Waals surface area (Å²) in [5.74, 6) is 0.0793. The van der Waals surface area contributed by atoms with E-state index in [2.05, 4.69) is 46.0 Å². The van der Waals surface area contributed by atoms with Crippen LogP contribution in [0.15, 0.2) is 24.3 Å². The molecule has 4 nitrogen and oxygen atoms in total. The Balaban J connectivity index is 2.36. The van der Waals surface area contributed by atoms with Crippen LogP contribution in [-0.4, -0.2) is 42.6 Å². The van der Waals surface area contributed by atoms with Crippen LogP contribution in [0.1, 0.15) is 58.6 Å². The molecule has 1 aliphatic rings. The Kier molecular flexibility index (Phi) is 5.65. The van der Waals surface area contributed by atoms with Crippen LogP contribution in [0.4, 0.5) is 4.79 Å². The van der Waals surface area contributed by atoms with Gasteiger partial charge in [-0.15, -0.1) is 0 Å². The molecule has 0 heterocycles. The van der Waals surface area contributed by atoms with Crippen LogP contribution < -0.4 is 0 Å². The Morgan fingerprint density at radius 1 is 1.19 bits per heavy atom. The molecule has 5 heteroatoms. The van der Waals surface area contributed by atoms with Crippen molar-refractivity contribution in [1.82, 2.24) is 4.90 Å². The SMILES string of the molecule is CC(C)(C)N(C(=O)O)[C@@H]1Cc2ccccc2[C@H]1CO[Si](C)(C)C(C)(C)C. The van der Waals surface area contributed by atoms with E-state index >= 15 is 0 Å². The maximum atomic E-state index is 12.1. The van der Waals surface area contributed by atoms with Crippen molar-refractivity contribution in [1.29, 1.82) is 0 Å². The van der Waals surface area contributed by atoms with Gasteiger partial charge in [0.2, 0.25) is 0 Å². The predicted octanol–water partition coefficient (Wildman–Crippen LogP) is 5.50. The molecule has 0 saturated heterocycles. The summed E-state index contributed by atoms with van der Waals surface area (Å²) in [7, 11) is -1.90. The van der Waals surface area contributed by atoms with Gasteiger partial charge in [0.15, 0.2) is 8.32 Å². The Hall–Kier alpha value is -1.33. The lowest BCUT2D eigenvalue weighted by atomic mass is 9.94. The molecule has 1 aromatic rings. The van der Waals surface area contributed by atoms with Crippen LogP contribution >= 0.6 is 0 Å². The highest BCUT2D eigenvalue weighted by Crippen LogP contribution is 2.42. The zero-order valence-electron chi connectivity index (χ0n) is 17.6. The van der Waals surface area contributed by atoms with Gasteiger partial charge in [-0.05, 0) is 56.5 Å². The van der Waals surface area contributed by atoms with Gasteiger partial charge in [0, 0.05) is 24.1 Å². The summed E-state index contributed by atoms with van der Waals surface area (Å²) in [4.78, 5) is 13.7. The number of rotatable bonds is 4. The highest BCUT2D eigenvalue weighted by atomic mass is 28.4. The standard InChI is InChI=1S/C21H35NO3Si/c1-20(2,3)22(19(23)24)18-13-15-11-9-10-12-16(15)17(18)14-25-26(7,8)21(4,5)6/h9-12,17-18H,13-14H2,1-8H3,(H,23,24)/t17-,18-/m1/s1. The van der Waals surface area contributed by atoms with Gasteiger partial charge in [-0.2, -0.15) is 0 Å². The lowest BCUT2D eigenvalue weighted by Gasteiger charge is -2.42. The summed E-state index contributed by atoms with van der Waals surface area (Å²) in [5.41, 5.74) is 2.04. The van der Waals surface area contributed by atoms with Crippen molar-refractivity contribution in [3.8, 4) is 0 Å². The van der Waals surface area contributed by atoms with Crippen LogP contribution in [-0.2, 0) is 10.8 Å². The van der Waals surface area contributed by atoms with Crippen molar-refractivity contribution in [2.45, 2.75) is 83.6 Å². The van der Waals surface area contributed by atoms with E-state index in [0.29, 0.717) is 6.61 Å². The molecule has 1 N–H and O–H groups in total. The molecule has 0 spiro atoms. The molecule has 1 amide bonds. The first-order valence-electron chi connectivity index (χ1n) is 9.50. The van der Waals surface area contributed by atoms with Crippen LogP contribution in [0.25, 0.3) is 0 Å². The first-order valence-corrected chi connectivity index (χ1v) is 12.4. The lowest BCUT2D eigenvalue weighted by molar-refractivity contribution is 0.0569. The zero-order valence-corrected chi connectivity index (χ0v) is 18.6. The molecule has 26 heavy (non-hydrogen) atoms. The predicted molar refractivity (Wildman–Crippen MR) is 109 cm³/mol. The van der Waals surface area contributed by atoms with E-state index in [0.717, 1.165) is 6.42 Å². The third-order valence-corrected chi connectivity index (χ3v) is 10.5. The van der Waals surface area contributed by atoms with Gasteiger partial charge in [-0.25, -0.2) is 4.79 Å². The molecule has 0 fully saturated rings. The van der Waals surface area contributed by atoms with Gasteiger partial charge in [0.05, 0.1) is 0 Å². The maximum Gasteiger partial charge on any atom is 0.408 e. The largest absolute Gasteiger partial charge is 0.465 e.